The van der Waals surface area contributed by atoms with E-state index in [0.29, 0.717) is 29.7 Å². The van der Waals surface area contributed by atoms with Crippen molar-refractivity contribution in [2.75, 3.05) is 19.6 Å². The van der Waals surface area contributed by atoms with Gasteiger partial charge in [0, 0.05) is 43.9 Å². The third kappa shape index (κ3) is 4.85. The molecule has 0 aliphatic carbocycles. The van der Waals surface area contributed by atoms with Crippen LogP contribution >= 0.6 is 0 Å². The molecule has 32 heavy (non-hydrogen) atoms. The quantitative estimate of drug-likeness (QED) is 0.473. The van der Waals surface area contributed by atoms with Gasteiger partial charge in [-0.2, -0.15) is 4.98 Å². The smallest absolute Gasteiger partial charge is 0.268 e. The van der Waals surface area contributed by atoms with Gasteiger partial charge in [-0.25, -0.2) is 4.39 Å². The van der Waals surface area contributed by atoms with Gasteiger partial charge in [0.25, 0.3) is 5.91 Å². The Bertz CT molecular complexity index is 1160. The van der Waals surface area contributed by atoms with E-state index in [4.69, 9.17) is 0 Å². The van der Waals surface area contributed by atoms with Gasteiger partial charge in [-0.05, 0) is 29.8 Å². The lowest BCUT2D eigenvalue weighted by Crippen LogP contribution is -2.50. The van der Waals surface area contributed by atoms with Crippen LogP contribution in [0.4, 0.5) is 4.39 Å². The summed E-state index contributed by atoms with van der Waals surface area (Å²) < 4.78 is 13.3. The molecule has 4 N–H and O–H groups in total. The molecule has 1 saturated heterocycles. The number of aromatic amines is 1. The van der Waals surface area contributed by atoms with Gasteiger partial charge < -0.3 is 25.6 Å². The predicted molar refractivity (Wildman–Crippen MR) is 113 cm³/mol. The van der Waals surface area contributed by atoms with Crippen molar-refractivity contribution in [3.63, 3.8) is 0 Å². The highest BCUT2D eigenvalue weighted by atomic mass is 19.1. The van der Waals surface area contributed by atoms with Gasteiger partial charge in [-0.1, -0.05) is 12.1 Å². The molecule has 0 spiro atoms. The Labute approximate surface area is 182 Å². The van der Waals surface area contributed by atoms with Crippen molar-refractivity contribution in [2.45, 2.75) is 18.9 Å². The number of aromatic hydroxyl groups is 1. The Balaban J connectivity index is 1.56. The summed E-state index contributed by atoms with van der Waals surface area (Å²) in [7, 11) is 0. The van der Waals surface area contributed by atoms with Crippen LogP contribution < -0.4 is 10.6 Å². The summed E-state index contributed by atoms with van der Waals surface area (Å²) in [5.74, 6) is -1.56. The molecule has 3 aromatic rings. The Kier molecular flexibility index (Phi) is 6.02. The molecule has 1 aliphatic heterocycles. The lowest BCUT2D eigenvalue weighted by molar-refractivity contribution is -0.133. The van der Waals surface area contributed by atoms with E-state index in [2.05, 4.69) is 20.6 Å². The number of aromatic nitrogens is 2. The number of nitrogens with zero attached hydrogens (tertiary/aromatic N) is 2. The van der Waals surface area contributed by atoms with E-state index >= 15 is 0 Å². The number of hydrogen-bond donors (Lipinski definition) is 4. The Morgan fingerprint density at radius 1 is 1.19 bits per heavy atom. The first-order valence-corrected chi connectivity index (χ1v) is 10.2. The average Bonchev–Trinajstić information content (AvgIpc) is 3.07. The summed E-state index contributed by atoms with van der Waals surface area (Å²) in [4.78, 5) is 46.1. The van der Waals surface area contributed by atoms with Gasteiger partial charge in [-0.3, -0.25) is 14.4 Å². The molecule has 1 aromatic carbocycles. The van der Waals surface area contributed by atoms with Crippen LogP contribution in [-0.4, -0.2) is 63.4 Å². The van der Waals surface area contributed by atoms with Crippen molar-refractivity contribution in [2.24, 2.45) is 0 Å². The zero-order chi connectivity index (χ0) is 22.7. The molecule has 4 rings (SSSR count). The molecule has 10 heteroatoms. The van der Waals surface area contributed by atoms with Crippen LogP contribution in [0.25, 0.3) is 11.0 Å². The number of fused-ring (bicyclic) bond motifs is 1. The molecule has 9 nitrogen and oxygen atoms in total. The Morgan fingerprint density at radius 2 is 1.97 bits per heavy atom. The number of pyridine rings is 1. The molecule has 0 radical (unpaired) electrons. The largest absolute Gasteiger partial charge is 0.493 e. The molecule has 0 bridgehead atoms. The highest BCUT2D eigenvalue weighted by Crippen LogP contribution is 2.17. The summed E-state index contributed by atoms with van der Waals surface area (Å²) in [6.45, 7) is 0.908. The second-order valence-electron chi connectivity index (χ2n) is 7.57. The van der Waals surface area contributed by atoms with Crippen LogP contribution in [0.15, 0.2) is 42.5 Å². The van der Waals surface area contributed by atoms with E-state index < -0.39 is 17.8 Å². The fourth-order valence-electron chi connectivity index (χ4n) is 3.62. The first-order chi connectivity index (χ1) is 15.4. The second kappa shape index (κ2) is 9.04. The number of H-pyrrole nitrogens is 1. The fourth-order valence-corrected chi connectivity index (χ4v) is 3.62. The van der Waals surface area contributed by atoms with Crippen LogP contribution in [0.3, 0.4) is 0 Å². The second-order valence-corrected chi connectivity index (χ2v) is 7.57. The first kappa shape index (κ1) is 21.3. The number of benzene rings is 1. The highest BCUT2D eigenvalue weighted by molar-refractivity contribution is 5.99. The molecule has 1 fully saturated rings. The molecule has 1 atom stereocenters. The zero-order valence-electron chi connectivity index (χ0n) is 17.1. The minimum atomic E-state index is -0.922. The maximum atomic E-state index is 13.3. The Morgan fingerprint density at radius 3 is 2.75 bits per heavy atom. The minimum Gasteiger partial charge on any atom is -0.493 e. The third-order valence-electron chi connectivity index (χ3n) is 5.29. The first-order valence-electron chi connectivity index (χ1n) is 10.2. The molecule has 1 aliphatic rings. The standard InChI is InChI=1S/C22H22FN5O4/c23-15-4-1-13(2-5-15)11-17(22(32)28-9-7-18(29)24-8-10-28)26-21(31)16-12-14-3-6-19(30)27-20(14)25-16/h1-6,12,17H,7-11H2,(H,24,29)(H,26,31)(H2,25,27,30)/t17-/m0/s1. The van der Waals surface area contributed by atoms with E-state index in [9.17, 15) is 23.9 Å². The van der Waals surface area contributed by atoms with Crippen molar-refractivity contribution in [3.05, 3.63) is 59.5 Å². The van der Waals surface area contributed by atoms with Gasteiger partial charge in [0.1, 0.15) is 23.2 Å². The van der Waals surface area contributed by atoms with Gasteiger partial charge >= 0.3 is 0 Å². The number of carbonyl (C=O) groups excluding carboxylic acids is 3. The van der Waals surface area contributed by atoms with Crippen molar-refractivity contribution < 1.29 is 23.9 Å². The molecular weight excluding hydrogens is 417 g/mol. The number of amides is 3. The molecule has 2 aromatic heterocycles. The van der Waals surface area contributed by atoms with Crippen LogP contribution in [0.1, 0.15) is 22.5 Å². The van der Waals surface area contributed by atoms with Gasteiger partial charge in [0.2, 0.25) is 17.7 Å². The molecule has 3 heterocycles. The zero-order valence-corrected chi connectivity index (χ0v) is 17.1. The Hall–Kier alpha value is -3.95. The summed E-state index contributed by atoms with van der Waals surface area (Å²) in [5, 5.41) is 15.6. The van der Waals surface area contributed by atoms with E-state index in [-0.39, 0.29) is 42.8 Å². The maximum absolute atomic E-state index is 13.3. The topological polar surface area (TPSA) is 127 Å². The van der Waals surface area contributed by atoms with E-state index in [1.54, 1.807) is 24.3 Å². The number of halogens is 1. The van der Waals surface area contributed by atoms with Gasteiger partial charge in [0.05, 0.1) is 0 Å². The van der Waals surface area contributed by atoms with E-state index in [1.165, 1.54) is 23.1 Å². The van der Waals surface area contributed by atoms with Crippen LogP contribution in [0.2, 0.25) is 0 Å². The number of hydrogen-bond acceptors (Lipinski definition) is 5. The number of carbonyl (C=O) groups is 3. The molecular formula is C22H22FN5O4. The van der Waals surface area contributed by atoms with Crippen molar-refractivity contribution in [1.82, 2.24) is 25.5 Å². The van der Waals surface area contributed by atoms with Crippen LogP contribution in [-0.2, 0) is 16.0 Å². The van der Waals surface area contributed by atoms with Crippen LogP contribution in [0, 0.1) is 5.82 Å². The normalized spacial score (nSPS) is 15.2. The summed E-state index contributed by atoms with van der Waals surface area (Å²) in [5.41, 5.74) is 1.20. The van der Waals surface area contributed by atoms with Crippen molar-refractivity contribution in [3.8, 4) is 5.88 Å². The average molecular weight is 439 g/mol. The van der Waals surface area contributed by atoms with Crippen molar-refractivity contribution >= 4 is 28.8 Å². The monoisotopic (exact) mass is 439 g/mol. The maximum Gasteiger partial charge on any atom is 0.268 e. The SMILES string of the molecule is O=C1CCN(C(=O)[C@H](Cc2ccc(F)cc2)NC(=O)c2cc3ccc(O)nc3[nH]2)CCN1. The fraction of sp³-hybridized carbons (Fsp3) is 0.273. The summed E-state index contributed by atoms with van der Waals surface area (Å²) >= 11 is 0. The van der Waals surface area contributed by atoms with Gasteiger partial charge in [0.15, 0.2) is 0 Å². The van der Waals surface area contributed by atoms with E-state index in [0.717, 1.165) is 0 Å². The van der Waals surface area contributed by atoms with Crippen molar-refractivity contribution in [1.29, 1.82) is 0 Å². The molecule has 3 amide bonds. The summed E-state index contributed by atoms with van der Waals surface area (Å²) in [6.07, 6.45) is 0.335. The summed E-state index contributed by atoms with van der Waals surface area (Å²) in [6, 6.07) is 9.39. The molecule has 0 saturated carbocycles. The highest BCUT2D eigenvalue weighted by Gasteiger charge is 2.28. The number of nitrogens with one attached hydrogen (secondary N) is 3. The molecule has 0 unspecified atom stereocenters. The lowest BCUT2D eigenvalue weighted by Gasteiger charge is -2.26. The number of rotatable bonds is 5. The van der Waals surface area contributed by atoms with Gasteiger partial charge in [-0.15, -0.1) is 0 Å². The lowest BCUT2D eigenvalue weighted by atomic mass is 10.0. The predicted octanol–water partition coefficient (Wildman–Crippen LogP) is 1.10. The third-order valence-corrected chi connectivity index (χ3v) is 5.29. The minimum absolute atomic E-state index is 0.131. The van der Waals surface area contributed by atoms with Crippen LogP contribution in [0.5, 0.6) is 5.88 Å². The van der Waals surface area contributed by atoms with E-state index in [1.807, 2.05) is 0 Å². The molecule has 166 valence electrons.